The van der Waals surface area contributed by atoms with Crippen molar-refractivity contribution in [3.63, 3.8) is 0 Å². The highest BCUT2D eigenvalue weighted by Gasteiger charge is 2.47. The molecule has 4 aliphatic rings. The predicted molar refractivity (Wildman–Crippen MR) is 304 cm³/mol. The van der Waals surface area contributed by atoms with Crippen molar-refractivity contribution in [1.82, 2.24) is 4.57 Å². The van der Waals surface area contributed by atoms with E-state index in [-0.39, 0.29) is 23.1 Å². The fourth-order valence-corrected chi connectivity index (χ4v) is 13.4. The van der Waals surface area contributed by atoms with Gasteiger partial charge in [0.15, 0.2) is 0 Å². The number of furan rings is 1. The van der Waals surface area contributed by atoms with Crippen LogP contribution < -0.4 is 15.7 Å². The Kier molecular flexibility index (Phi) is 8.27. The Morgan fingerprint density at radius 3 is 1.93 bits per heavy atom. The molecule has 0 spiro atoms. The normalized spacial score (nSPS) is 14.7. The summed E-state index contributed by atoms with van der Waals surface area (Å²) in [5.74, 6) is 0.893. The van der Waals surface area contributed by atoms with Crippen molar-refractivity contribution in [3.8, 4) is 61.5 Å². The zero-order chi connectivity index (χ0) is 48.7. The summed E-state index contributed by atoms with van der Waals surface area (Å²) < 4.78 is 9.91. The summed E-state index contributed by atoms with van der Waals surface area (Å²) in [6, 6.07) is 67.2. The number of aromatic nitrogens is 1. The second-order valence-electron chi connectivity index (χ2n) is 23.7. The molecule has 0 saturated heterocycles. The van der Waals surface area contributed by atoms with Crippen molar-refractivity contribution < 1.29 is 4.42 Å². The molecular formula is C68H55BN2O. The van der Waals surface area contributed by atoms with E-state index in [9.17, 15) is 0 Å². The van der Waals surface area contributed by atoms with E-state index in [1.807, 2.05) is 0 Å². The van der Waals surface area contributed by atoms with Crippen LogP contribution in [0.1, 0.15) is 88.8 Å². The van der Waals surface area contributed by atoms with Crippen LogP contribution in [0, 0.1) is 0 Å². The molecule has 0 radical (unpaired) electrons. The van der Waals surface area contributed by atoms with Crippen LogP contribution in [0.2, 0.25) is 0 Å². The lowest BCUT2D eigenvalue weighted by molar-refractivity contribution is 0.584. The highest BCUT2D eigenvalue weighted by Crippen LogP contribution is 2.56. The van der Waals surface area contributed by atoms with E-state index in [4.69, 9.17) is 4.42 Å². The van der Waals surface area contributed by atoms with Crippen molar-refractivity contribution >= 4 is 61.9 Å². The average Bonchev–Trinajstić information content (AvgIpc) is 4.10. The molecule has 3 nitrogen and oxygen atoms in total. The Hall–Kier alpha value is -7.82. The second-order valence-corrected chi connectivity index (χ2v) is 23.7. The van der Waals surface area contributed by atoms with E-state index in [0.29, 0.717) is 0 Å². The summed E-state index contributed by atoms with van der Waals surface area (Å²) in [5.41, 5.74) is 29.1. The smallest absolute Gasteiger partial charge is 0.333 e. The summed E-state index contributed by atoms with van der Waals surface area (Å²) in [7, 11) is 0. The van der Waals surface area contributed by atoms with Crippen LogP contribution in [0.15, 0.2) is 180 Å². The lowest BCUT2D eigenvalue weighted by Crippen LogP contribution is -2.60. The Balaban J connectivity index is 1.08. The molecule has 2 aliphatic carbocycles. The van der Waals surface area contributed by atoms with Gasteiger partial charge in [0.2, 0.25) is 0 Å². The van der Waals surface area contributed by atoms with Crippen molar-refractivity contribution in [3.05, 3.63) is 209 Å². The van der Waals surface area contributed by atoms with Crippen LogP contribution in [-0.2, 0) is 22.7 Å². The first-order valence-electron chi connectivity index (χ1n) is 25.9. The first kappa shape index (κ1) is 41.9. The lowest BCUT2D eigenvalue weighted by atomic mass is 9.44. The highest BCUT2D eigenvalue weighted by atomic mass is 16.3. The van der Waals surface area contributed by atoms with E-state index in [1.54, 1.807) is 0 Å². The summed E-state index contributed by atoms with van der Waals surface area (Å²) >= 11 is 0. The fraction of sp³-hybridized carbons (Fsp3) is 0.176. The third-order valence-corrected chi connectivity index (χ3v) is 17.1. The molecule has 0 saturated carbocycles. The third kappa shape index (κ3) is 5.64. The summed E-state index contributed by atoms with van der Waals surface area (Å²) in [5, 5.41) is 3.72. The minimum Gasteiger partial charge on any atom is -0.455 e. The van der Waals surface area contributed by atoms with Gasteiger partial charge >= 0.3 is 6.85 Å². The van der Waals surface area contributed by atoms with Crippen LogP contribution in [-0.4, -0.2) is 11.4 Å². The molecular weight excluding hydrogens is 872 g/mol. The molecule has 4 heterocycles. The molecule has 0 bridgehead atoms. The van der Waals surface area contributed by atoms with Crippen LogP contribution in [0.3, 0.4) is 0 Å². The maximum Gasteiger partial charge on any atom is 0.333 e. The van der Waals surface area contributed by atoms with Crippen molar-refractivity contribution in [2.45, 2.75) is 78.1 Å². The molecule has 2 aromatic heterocycles. The number of hydrogen-bond donors (Lipinski definition) is 0. The van der Waals surface area contributed by atoms with Gasteiger partial charge in [-0.1, -0.05) is 183 Å². The quantitative estimate of drug-likeness (QED) is 0.165. The second kappa shape index (κ2) is 14.2. The molecule has 0 fully saturated rings. The summed E-state index contributed by atoms with van der Waals surface area (Å²) in [4.78, 5) is 2.70. The summed E-state index contributed by atoms with van der Waals surface area (Å²) in [6.07, 6.45) is 0.947. The molecule has 72 heavy (non-hydrogen) atoms. The first-order chi connectivity index (χ1) is 34.7. The Labute approximate surface area is 422 Å². The SMILES string of the molecule is CC(C)(C)c1ccc(N2B3c4cc5oc(-c6ccccc6)c(-c6ccccc6)c5cc4-n4c5cc6c(cc5c5ccc(c3c54)-c3cc4c(cc32)C(C)(C)c2cc(C(C)(C)C)ccc2-4)Cc2ccccc2-6)cc1. The first-order valence-corrected chi connectivity index (χ1v) is 25.9. The average molecular weight is 927 g/mol. The minimum atomic E-state index is -0.203. The van der Waals surface area contributed by atoms with Gasteiger partial charge in [0.1, 0.15) is 11.3 Å². The number of anilines is 2. The number of rotatable bonds is 3. The standard InChI is InChI=1S/C68H55BN2O/c1-66(2,3)43-23-26-45(27-24-43)71-59-37-56-51(47-28-25-44(67(4,5)6)33-55(47)68(56,7)8)34-53(59)48-29-30-49-52-32-42-31-41-21-15-16-22-46(41)50(42)35-58(52)70-60-36-54-61(38-57(60)69(71)63(48)64(49)70)72-65(40-19-13-10-14-20-40)62(54)39-17-11-9-12-18-39/h9-30,32-38H,31H2,1-8H3. The Morgan fingerprint density at radius 1 is 0.500 bits per heavy atom. The van der Waals surface area contributed by atoms with Crippen molar-refractivity contribution in [2.75, 3.05) is 4.81 Å². The fourth-order valence-electron chi connectivity index (χ4n) is 13.4. The van der Waals surface area contributed by atoms with E-state index in [1.165, 1.54) is 117 Å². The lowest BCUT2D eigenvalue weighted by Gasteiger charge is -2.42. The Morgan fingerprint density at radius 2 is 1.18 bits per heavy atom. The van der Waals surface area contributed by atoms with Gasteiger partial charge in [0, 0.05) is 55.3 Å². The van der Waals surface area contributed by atoms with E-state index < -0.39 is 0 Å². The van der Waals surface area contributed by atoms with Crippen LogP contribution >= 0.6 is 0 Å². The molecule has 11 aromatic rings. The van der Waals surface area contributed by atoms with Gasteiger partial charge in [0.25, 0.3) is 0 Å². The zero-order valence-corrected chi connectivity index (χ0v) is 42.3. The summed E-state index contributed by atoms with van der Waals surface area (Å²) in [6.45, 7) is 18.6. The van der Waals surface area contributed by atoms with Crippen LogP contribution in [0.5, 0.6) is 0 Å². The zero-order valence-electron chi connectivity index (χ0n) is 42.3. The molecule has 2 aliphatic heterocycles. The Bertz CT molecular complexity index is 4160. The van der Waals surface area contributed by atoms with Gasteiger partial charge in [0.05, 0.1) is 11.0 Å². The number of fused-ring (bicyclic) bond motifs is 15. The molecule has 0 amide bonds. The van der Waals surface area contributed by atoms with E-state index in [2.05, 4.69) is 241 Å². The molecule has 0 unspecified atom stereocenters. The molecule has 0 N–H and O–H groups in total. The van der Waals surface area contributed by atoms with E-state index >= 15 is 0 Å². The largest absolute Gasteiger partial charge is 0.455 e. The maximum atomic E-state index is 7.27. The van der Waals surface area contributed by atoms with Crippen molar-refractivity contribution in [1.29, 1.82) is 0 Å². The molecule has 9 aromatic carbocycles. The molecule has 15 rings (SSSR count). The van der Waals surface area contributed by atoms with E-state index in [0.717, 1.165) is 39.8 Å². The van der Waals surface area contributed by atoms with Gasteiger partial charge in [-0.2, -0.15) is 0 Å². The number of hydrogen-bond acceptors (Lipinski definition) is 2. The molecule has 346 valence electrons. The van der Waals surface area contributed by atoms with Gasteiger partial charge < -0.3 is 13.8 Å². The van der Waals surface area contributed by atoms with Crippen molar-refractivity contribution in [2.24, 2.45) is 0 Å². The third-order valence-electron chi connectivity index (χ3n) is 17.1. The number of nitrogens with zero attached hydrogens (tertiary/aromatic N) is 2. The molecule has 4 heteroatoms. The predicted octanol–water partition coefficient (Wildman–Crippen LogP) is 16.6. The van der Waals surface area contributed by atoms with Gasteiger partial charge in [-0.05, 0) is 143 Å². The monoisotopic (exact) mass is 926 g/mol. The molecule has 0 atom stereocenters. The maximum absolute atomic E-state index is 7.27. The highest BCUT2D eigenvalue weighted by molar-refractivity contribution is 6.93. The minimum absolute atomic E-state index is 0.0105. The number of benzene rings is 9. The topological polar surface area (TPSA) is 21.3 Å². The van der Waals surface area contributed by atoms with Crippen LogP contribution in [0.4, 0.5) is 11.4 Å². The van der Waals surface area contributed by atoms with Crippen LogP contribution in [0.25, 0.3) is 94.3 Å². The van der Waals surface area contributed by atoms with Gasteiger partial charge in [-0.25, -0.2) is 0 Å². The van der Waals surface area contributed by atoms with Gasteiger partial charge in [-0.15, -0.1) is 0 Å². The van der Waals surface area contributed by atoms with Gasteiger partial charge in [-0.3, -0.25) is 0 Å².